The summed E-state index contributed by atoms with van der Waals surface area (Å²) in [5.74, 6) is 1.63. The van der Waals surface area contributed by atoms with E-state index in [-0.39, 0.29) is 0 Å². The Kier molecular flexibility index (Phi) is 2.98. The van der Waals surface area contributed by atoms with Gasteiger partial charge in [-0.2, -0.15) is 0 Å². The Bertz CT molecular complexity index is 584. The maximum atomic E-state index is 6.12. The van der Waals surface area contributed by atoms with Crippen molar-refractivity contribution in [2.24, 2.45) is 0 Å². The van der Waals surface area contributed by atoms with Gasteiger partial charge < -0.3 is 15.2 Å². The monoisotopic (exact) mass is 252 g/mol. The van der Waals surface area contributed by atoms with Crippen LogP contribution in [0.25, 0.3) is 10.9 Å². The highest BCUT2D eigenvalue weighted by Gasteiger charge is 2.14. The van der Waals surface area contributed by atoms with Gasteiger partial charge >= 0.3 is 0 Å². The summed E-state index contributed by atoms with van der Waals surface area (Å²) in [7, 11) is 3.13. The molecular formula is C12H13ClN2O2. The van der Waals surface area contributed by atoms with Crippen molar-refractivity contribution in [1.29, 1.82) is 0 Å². The number of hydrogen-bond acceptors (Lipinski definition) is 4. The number of fused-ring (bicyclic) bond motifs is 1. The molecule has 0 bridgehead atoms. The predicted octanol–water partition coefficient (Wildman–Crippen LogP) is 2.80. The number of pyridine rings is 1. The number of aromatic nitrogens is 1. The SMILES string of the molecule is COc1c(Cl)cc(OC)c2nc(N)c(C)cc12. The second-order valence-corrected chi connectivity index (χ2v) is 4.09. The first-order valence-electron chi connectivity index (χ1n) is 5.05. The number of methoxy groups -OCH3 is 2. The molecule has 90 valence electrons. The lowest BCUT2D eigenvalue weighted by Gasteiger charge is -2.12. The van der Waals surface area contributed by atoms with Crippen molar-refractivity contribution < 1.29 is 9.47 Å². The molecule has 17 heavy (non-hydrogen) atoms. The van der Waals surface area contributed by atoms with E-state index in [2.05, 4.69) is 4.98 Å². The molecule has 0 saturated carbocycles. The van der Waals surface area contributed by atoms with E-state index in [9.17, 15) is 0 Å². The summed E-state index contributed by atoms with van der Waals surface area (Å²) >= 11 is 6.12. The van der Waals surface area contributed by atoms with Gasteiger partial charge in [-0.25, -0.2) is 4.98 Å². The third-order valence-electron chi connectivity index (χ3n) is 2.63. The van der Waals surface area contributed by atoms with Gasteiger partial charge in [0.15, 0.2) is 0 Å². The highest BCUT2D eigenvalue weighted by atomic mass is 35.5. The van der Waals surface area contributed by atoms with Crippen LogP contribution >= 0.6 is 11.6 Å². The minimum atomic E-state index is 0.472. The third kappa shape index (κ3) is 1.85. The zero-order chi connectivity index (χ0) is 12.6. The molecule has 0 saturated heterocycles. The number of nitrogens with two attached hydrogens (primary N) is 1. The minimum absolute atomic E-state index is 0.472. The summed E-state index contributed by atoms with van der Waals surface area (Å²) in [6.07, 6.45) is 0. The summed E-state index contributed by atoms with van der Waals surface area (Å²) in [6, 6.07) is 3.56. The number of nitrogen functional groups attached to an aromatic ring is 1. The van der Waals surface area contributed by atoms with Crippen LogP contribution in [0.3, 0.4) is 0 Å². The molecule has 4 nitrogen and oxygen atoms in total. The topological polar surface area (TPSA) is 57.4 Å². The lowest BCUT2D eigenvalue weighted by Crippen LogP contribution is -1.98. The maximum absolute atomic E-state index is 6.12. The number of aryl methyl sites for hydroxylation is 1. The molecule has 0 unspecified atom stereocenters. The van der Waals surface area contributed by atoms with Crippen molar-refractivity contribution in [3.8, 4) is 11.5 Å². The number of rotatable bonds is 2. The molecule has 0 aliphatic carbocycles. The molecule has 1 heterocycles. The van der Waals surface area contributed by atoms with Crippen LogP contribution < -0.4 is 15.2 Å². The van der Waals surface area contributed by atoms with E-state index in [0.717, 1.165) is 10.9 Å². The van der Waals surface area contributed by atoms with E-state index < -0.39 is 0 Å². The Labute approximate surface area is 104 Å². The fourth-order valence-corrected chi connectivity index (χ4v) is 2.01. The second kappa shape index (κ2) is 4.30. The van der Waals surface area contributed by atoms with Gasteiger partial charge in [0.25, 0.3) is 0 Å². The highest BCUT2D eigenvalue weighted by molar-refractivity contribution is 6.33. The molecular weight excluding hydrogens is 240 g/mol. The summed E-state index contributed by atoms with van der Waals surface area (Å²) in [4.78, 5) is 4.31. The molecule has 0 fully saturated rings. The van der Waals surface area contributed by atoms with Gasteiger partial charge in [0.2, 0.25) is 0 Å². The first kappa shape index (κ1) is 11.8. The van der Waals surface area contributed by atoms with E-state index in [4.69, 9.17) is 26.8 Å². The molecule has 0 spiro atoms. The molecule has 1 aromatic heterocycles. The largest absolute Gasteiger partial charge is 0.494 e. The van der Waals surface area contributed by atoms with Crippen LogP contribution in [0.1, 0.15) is 5.56 Å². The first-order valence-corrected chi connectivity index (χ1v) is 5.43. The predicted molar refractivity (Wildman–Crippen MR) is 69.0 cm³/mol. The van der Waals surface area contributed by atoms with Crippen LogP contribution in [0.4, 0.5) is 5.82 Å². The summed E-state index contributed by atoms with van der Waals surface area (Å²) in [5, 5.41) is 1.28. The molecule has 0 amide bonds. The molecule has 5 heteroatoms. The number of anilines is 1. The molecule has 0 aliphatic heterocycles. The smallest absolute Gasteiger partial charge is 0.147 e. The van der Waals surface area contributed by atoms with Gasteiger partial charge in [0.1, 0.15) is 22.8 Å². The molecule has 2 rings (SSSR count). The molecule has 2 aromatic rings. The van der Waals surface area contributed by atoms with Crippen LogP contribution in [0.5, 0.6) is 11.5 Å². The Balaban J connectivity index is 2.92. The van der Waals surface area contributed by atoms with Gasteiger partial charge in [0, 0.05) is 11.5 Å². The van der Waals surface area contributed by atoms with Gasteiger partial charge in [-0.05, 0) is 18.6 Å². The van der Waals surface area contributed by atoms with Crippen molar-refractivity contribution in [2.75, 3.05) is 20.0 Å². The van der Waals surface area contributed by atoms with Crippen molar-refractivity contribution in [3.63, 3.8) is 0 Å². The van der Waals surface area contributed by atoms with Gasteiger partial charge in [-0.3, -0.25) is 0 Å². The highest BCUT2D eigenvalue weighted by Crippen LogP contribution is 2.39. The first-order chi connectivity index (χ1) is 8.08. The summed E-state index contributed by atoms with van der Waals surface area (Å²) in [6.45, 7) is 1.88. The van der Waals surface area contributed by atoms with Crippen LogP contribution in [-0.2, 0) is 0 Å². The van der Waals surface area contributed by atoms with Crippen LogP contribution in [0, 0.1) is 6.92 Å². The van der Waals surface area contributed by atoms with E-state index in [1.54, 1.807) is 20.3 Å². The Morgan fingerprint density at radius 1 is 1.24 bits per heavy atom. The number of ether oxygens (including phenoxy) is 2. The standard InChI is InChI=1S/C12H13ClN2O2/c1-6-4-7-10(15-12(6)14)9(16-2)5-8(13)11(7)17-3/h4-5H,1-3H3,(H2,14,15). The number of benzene rings is 1. The van der Waals surface area contributed by atoms with E-state index in [1.165, 1.54) is 0 Å². The fraction of sp³-hybridized carbons (Fsp3) is 0.250. The van der Waals surface area contributed by atoms with Crippen molar-refractivity contribution in [3.05, 3.63) is 22.7 Å². The minimum Gasteiger partial charge on any atom is -0.494 e. The van der Waals surface area contributed by atoms with E-state index in [1.807, 2.05) is 13.0 Å². The Morgan fingerprint density at radius 2 is 1.94 bits per heavy atom. The van der Waals surface area contributed by atoms with Gasteiger partial charge in [-0.15, -0.1) is 0 Å². The van der Waals surface area contributed by atoms with Crippen molar-refractivity contribution >= 4 is 28.3 Å². The number of halogens is 1. The maximum Gasteiger partial charge on any atom is 0.147 e. The Hall–Kier alpha value is -1.68. The quantitative estimate of drug-likeness (QED) is 0.893. The fourth-order valence-electron chi connectivity index (χ4n) is 1.73. The van der Waals surface area contributed by atoms with E-state index >= 15 is 0 Å². The summed E-state index contributed by atoms with van der Waals surface area (Å²) in [5.41, 5.74) is 7.32. The van der Waals surface area contributed by atoms with Crippen molar-refractivity contribution in [1.82, 2.24) is 4.98 Å². The van der Waals surface area contributed by atoms with Gasteiger partial charge in [0.05, 0.1) is 19.2 Å². The average Bonchev–Trinajstić information content (AvgIpc) is 2.30. The molecule has 2 N–H and O–H groups in total. The Morgan fingerprint density at radius 3 is 2.53 bits per heavy atom. The lowest BCUT2D eigenvalue weighted by atomic mass is 10.1. The van der Waals surface area contributed by atoms with E-state index in [0.29, 0.717) is 27.9 Å². The molecule has 0 radical (unpaired) electrons. The molecule has 0 atom stereocenters. The zero-order valence-electron chi connectivity index (χ0n) is 9.87. The third-order valence-corrected chi connectivity index (χ3v) is 2.91. The van der Waals surface area contributed by atoms with Crippen LogP contribution in [0.2, 0.25) is 5.02 Å². The molecule has 0 aliphatic rings. The summed E-state index contributed by atoms with van der Waals surface area (Å²) < 4.78 is 10.5. The zero-order valence-corrected chi connectivity index (χ0v) is 10.6. The van der Waals surface area contributed by atoms with Crippen LogP contribution in [0.15, 0.2) is 12.1 Å². The van der Waals surface area contributed by atoms with Crippen molar-refractivity contribution in [2.45, 2.75) is 6.92 Å². The van der Waals surface area contributed by atoms with Crippen LogP contribution in [-0.4, -0.2) is 19.2 Å². The van der Waals surface area contributed by atoms with Gasteiger partial charge in [-0.1, -0.05) is 11.6 Å². The normalized spacial score (nSPS) is 10.6. The average molecular weight is 253 g/mol. The lowest BCUT2D eigenvalue weighted by molar-refractivity contribution is 0.410. The second-order valence-electron chi connectivity index (χ2n) is 3.68. The number of hydrogen-bond donors (Lipinski definition) is 1. The molecule has 1 aromatic carbocycles. The number of nitrogens with zero attached hydrogens (tertiary/aromatic N) is 1.